The van der Waals surface area contributed by atoms with Gasteiger partial charge in [0.15, 0.2) is 4.75 Å². The van der Waals surface area contributed by atoms with E-state index >= 15 is 0 Å². The van der Waals surface area contributed by atoms with Crippen LogP contribution in [0.3, 0.4) is 0 Å². The molecule has 0 aromatic heterocycles. The Bertz CT molecular complexity index is 542. The van der Waals surface area contributed by atoms with Gasteiger partial charge in [-0.1, -0.05) is 23.9 Å². The van der Waals surface area contributed by atoms with Gasteiger partial charge in [0.05, 0.1) is 5.69 Å². The van der Waals surface area contributed by atoms with Crippen molar-refractivity contribution in [3.8, 4) is 0 Å². The van der Waals surface area contributed by atoms with Crippen LogP contribution in [-0.2, 0) is 9.59 Å². The van der Waals surface area contributed by atoms with E-state index in [1.165, 1.54) is 24.6 Å². The molecular weight excluding hydrogens is 260 g/mol. The smallest absolute Gasteiger partial charge is 0.250 e. The zero-order valence-electron chi connectivity index (χ0n) is 10.7. The Hall–Kier alpha value is -1.49. The van der Waals surface area contributed by atoms with E-state index in [9.17, 15) is 9.59 Å². The summed E-state index contributed by atoms with van der Waals surface area (Å²) in [6.07, 6.45) is 2.36. The van der Waals surface area contributed by atoms with Crippen molar-refractivity contribution in [1.82, 2.24) is 5.32 Å². The topological polar surface area (TPSA) is 58.2 Å². The summed E-state index contributed by atoms with van der Waals surface area (Å²) in [6, 6.07) is 7.55. The molecule has 4 nitrogen and oxygen atoms in total. The number of hydrogen-bond acceptors (Lipinski definition) is 3. The predicted molar refractivity (Wildman–Crippen MR) is 75.1 cm³/mol. The minimum absolute atomic E-state index is 0.198. The van der Waals surface area contributed by atoms with E-state index in [1.807, 2.05) is 24.3 Å². The first-order valence-electron chi connectivity index (χ1n) is 6.47. The number of amides is 2. The Labute approximate surface area is 116 Å². The maximum Gasteiger partial charge on any atom is 0.250 e. The molecule has 0 unspecified atom stereocenters. The number of nitrogens with one attached hydrogen (secondary N) is 2. The molecule has 2 N–H and O–H groups in total. The summed E-state index contributed by atoms with van der Waals surface area (Å²) in [7, 11) is 0. The molecule has 1 aromatic rings. The monoisotopic (exact) mass is 276 g/mol. The van der Waals surface area contributed by atoms with E-state index in [1.54, 1.807) is 6.92 Å². The maximum absolute atomic E-state index is 12.3. The number of fused-ring (bicyclic) bond motifs is 1. The zero-order valence-corrected chi connectivity index (χ0v) is 11.5. The first kappa shape index (κ1) is 12.5. The predicted octanol–water partition coefficient (Wildman–Crippen LogP) is 2.02. The molecule has 5 heteroatoms. The fraction of sp³-hybridized carbons (Fsp3) is 0.429. The number of para-hydroxylation sites is 1. The lowest BCUT2D eigenvalue weighted by atomic mass is 10.1. The van der Waals surface area contributed by atoms with E-state index in [-0.39, 0.29) is 11.8 Å². The molecule has 19 heavy (non-hydrogen) atoms. The summed E-state index contributed by atoms with van der Waals surface area (Å²) in [5, 5.41) is 5.71. The molecule has 1 aliphatic carbocycles. The van der Waals surface area contributed by atoms with Crippen molar-refractivity contribution in [1.29, 1.82) is 0 Å². The van der Waals surface area contributed by atoms with E-state index in [2.05, 4.69) is 10.6 Å². The molecule has 1 aromatic carbocycles. The Kier molecular flexibility index (Phi) is 3.01. The molecule has 100 valence electrons. The molecule has 1 aliphatic heterocycles. The Morgan fingerprint density at radius 1 is 1.47 bits per heavy atom. The summed E-state index contributed by atoms with van der Waals surface area (Å²) in [4.78, 5) is 25.4. The van der Waals surface area contributed by atoms with Crippen molar-refractivity contribution in [3.05, 3.63) is 24.3 Å². The van der Waals surface area contributed by atoms with Crippen molar-refractivity contribution in [2.45, 2.75) is 29.4 Å². The van der Waals surface area contributed by atoms with Gasteiger partial charge in [0.25, 0.3) is 0 Å². The van der Waals surface area contributed by atoms with Crippen LogP contribution in [0.2, 0.25) is 0 Å². The molecule has 2 amide bonds. The molecule has 0 spiro atoms. The second kappa shape index (κ2) is 4.56. The number of rotatable bonds is 3. The summed E-state index contributed by atoms with van der Waals surface area (Å²) in [6.45, 7) is 2.37. The van der Waals surface area contributed by atoms with Crippen LogP contribution in [-0.4, -0.2) is 23.1 Å². The van der Waals surface area contributed by atoms with Crippen molar-refractivity contribution >= 4 is 29.3 Å². The van der Waals surface area contributed by atoms with Gasteiger partial charge < -0.3 is 10.6 Å². The molecule has 0 saturated heterocycles. The van der Waals surface area contributed by atoms with Gasteiger partial charge in [-0.2, -0.15) is 0 Å². The fourth-order valence-electron chi connectivity index (χ4n) is 2.04. The number of benzene rings is 1. The maximum atomic E-state index is 12.3. The summed E-state index contributed by atoms with van der Waals surface area (Å²) in [5.74, 6) is 0.164. The number of hydrogen-bond donors (Lipinski definition) is 2. The highest BCUT2D eigenvalue weighted by atomic mass is 32.2. The standard InChI is InChI=1S/C14H16N2O2S/c1-14(12(17)15-8-9-6-7-9)13(18)16-10-4-2-3-5-11(10)19-14/h2-5,9H,6-8H2,1H3,(H,15,17)(H,16,18)/t14-/m1/s1. The van der Waals surface area contributed by atoms with Crippen LogP contribution in [0.5, 0.6) is 0 Å². The van der Waals surface area contributed by atoms with Gasteiger partial charge in [-0.15, -0.1) is 0 Å². The Morgan fingerprint density at radius 2 is 2.21 bits per heavy atom. The van der Waals surface area contributed by atoms with Crippen LogP contribution in [0.15, 0.2) is 29.2 Å². The summed E-state index contributed by atoms with van der Waals surface area (Å²) >= 11 is 1.32. The lowest BCUT2D eigenvalue weighted by molar-refractivity contribution is -0.129. The third-order valence-corrected chi connectivity index (χ3v) is 4.92. The van der Waals surface area contributed by atoms with Gasteiger partial charge in [-0.3, -0.25) is 9.59 Å². The number of thioether (sulfide) groups is 1. The number of anilines is 1. The highest BCUT2D eigenvalue weighted by molar-refractivity contribution is 8.02. The molecule has 0 bridgehead atoms. The minimum atomic E-state index is -1.08. The second-order valence-electron chi connectivity index (χ2n) is 5.24. The molecular formula is C14H16N2O2S. The van der Waals surface area contributed by atoms with E-state index < -0.39 is 4.75 Å². The molecule has 2 aliphatic rings. The largest absolute Gasteiger partial charge is 0.354 e. The van der Waals surface area contributed by atoms with Crippen LogP contribution in [0.4, 0.5) is 5.69 Å². The third-order valence-electron chi connectivity index (χ3n) is 3.56. The number of carbonyl (C=O) groups is 2. The molecule has 1 saturated carbocycles. The summed E-state index contributed by atoms with van der Waals surface area (Å²) in [5.41, 5.74) is 0.782. The van der Waals surface area contributed by atoms with E-state index in [4.69, 9.17) is 0 Å². The summed E-state index contributed by atoms with van der Waals surface area (Å²) < 4.78 is -1.08. The van der Waals surface area contributed by atoms with Crippen LogP contribution < -0.4 is 10.6 Å². The van der Waals surface area contributed by atoms with Crippen molar-refractivity contribution in [2.24, 2.45) is 5.92 Å². The first-order valence-corrected chi connectivity index (χ1v) is 7.29. The lowest BCUT2D eigenvalue weighted by Gasteiger charge is -2.31. The number of carbonyl (C=O) groups excluding carboxylic acids is 2. The molecule has 0 radical (unpaired) electrons. The average molecular weight is 276 g/mol. The normalized spacial score (nSPS) is 25.4. The van der Waals surface area contributed by atoms with E-state index in [0.717, 1.165) is 10.6 Å². The van der Waals surface area contributed by atoms with Crippen LogP contribution in [0, 0.1) is 5.92 Å². The first-order chi connectivity index (χ1) is 9.09. The van der Waals surface area contributed by atoms with Crippen LogP contribution in [0.25, 0.3) is 0 Å². The average Bonchev–Trinajstić information content (AvgIpc) is 3.21. The zero-order chi connectivity index (χ0) is 13.5. The minimum Gasteiger partial charge on any atom is -0.354 e. The van der Waals surface area contributed by atoms with Gasteiger partial charge in [0, 0.05) is 11.4 Å². The van der Waals surface area contributed by atoms with Gasteiger partial charge >= 0.3 is 0 Å². The highest BCUT2D eigenvalue weighted by Gasteiger charge is 2.45. The van der Waals surface area contributed by atoms with E-state index in [0.29, 0.717) is 12.5 Å². The van der Waals surface area contributed by atoms with Gasteiger partial charge in [0.1, 0.15) is 0 Å². The third kappa shape index (κ3) is 2.34. The Balaban J connectivity index is 1.79. The molecule has 1 atom stereocenters. The Morgan fingerprint density at radius 3 is 2.95 bits per heavy atom. The molecule has 1 heterocycles. The quantitative estimate of drug-likeness (QED) is 0.830. The molecule has 1 fully saturated rings. The van der Waals surface area contributed by atoms with Crippen LogP contribution >= 0.6 is 11.8 Å². The highest BCUT2D eigenvalue weighted by Crippen LogP contribution is 2.42. The lowest BCUT2D eigenvalue weighted by Crippen LogP contribution is -2.52. The van der Waals surface area contributed by atoms with Gasteiger partial charge in [-0.25, -0.2) is 0 Å². The fourth-order valence-corrected chi connectivity index (χ4v) is 3.17. The van der Waals surface area contributed by atoms with Gasteiger partial charge in [0.2, 0.25) is 11.8 Å². The van der Waals surface area contributed by atoms with Crippen molar-refractivity contribution < 1.29 is 9.59 Å². The SMILES string of the molecule is C[C@]1(C(=O)NCC2CC2)Sc2ccccc2NC1=O. The van der Waals surface area contributed by atoms with Crippen molar-refractivity contribution in [3.63, 3.8) is 0 Å². The van der Waals surface area contributed by atoms with Crippen LogP contribution in [0.1, 0.15) is 19.8 Å². The van der Waals surface area contributed by atoms with Crippen molar-refractivity contribution in [2.75, 3.05) is 11.9 Å². The van der Waals surface area contributed by atoms with Gasteiger partial charge in [-0.05, 0) is 37.8 Å². The molecule has 3 rings (SSSR count). The second-order valence-corrected chi connectivity index (χ2v) is 6.70.